The predicted molar refractivity (Wildman–Crippen MR) is 35.8 cm³/mol. The van der Waals surface area contributed by atoms with Gasteiger partial charge in [0.15, 0.2) is 0 Å². The minimum atomic E-state index is 0.680. The van der Waals surface area contributed by atoms with Gasteiger partial charge in [-0.3, -0.25) is 0 Å². The molecule has 0 bridgehead atoms. The van der Waals surface area contributed by atoms with E-state index in [1.54, 1.807) is 0 Å². The van der Waals surface area contributed by atoms with Crippen LogP contribution >= 0.6 is 11.6 Å². The first kappa shape index (κ1) is 5.98. The molecular weight excluding hydrogens is 120 g/mol. The summed E-state index contributed by atoms with van der Waals surface area (Å²) in [6.07, 6.45) is 3.49. The van der Waals surface area contributed by atoms with Crippen molar-refractivity contribution < 1.29 is 0 Å². The fraction of sp³-hybridized carbons (Fsp3) is 0.714. The van der Waals surface area contributed by atoms with Gasteiger partial charge >= 0.3 is 0 Å². The molecule has 1 heteroatoms. The number of alkyl halides is 1. The van der Waals surface area contributed by atoms with Gasteiger partial charge in [0.2, 0.25) is 0 Å². The van der Waals surface area contributed by atoms with Gasteiger partial charge in [-0.05, 0) is 12.8 Å². The van der Waals surface area contributed by atoms with Crippen LogP contribution in [0.4, 0.5) is 0 Å². The number of halogens is 1. The number of hydrogen-bond donors (Lipinski definition) is 0. The molecule has 1 rings (SSSR count). The summed E-state index contributed by atoms with van der Waals surface area (Å²) in [5.74, 6) is 7.55. The third kappa shape index (κ3) is 2.23. The van der Waals surface area contributed by atoms with E-state index in [1.165, 1.54) is 12.8 Å². The Morgan fingerprint density at radius 1 is 1.50 bits per heavy atom. The zero-order chi connectivity index (χ0) is 5.82. The van der Waals surface area contributed by atoms with Crippen molar-refractivity contribution in [1.29, 1.82) is 0 Å². The molecule has 1 aliphatic rings. The van der Waals surface area contributed by atoms with Crippen LogP contribution in [0.1, 0.15) is 19.3 Å². The van der Waals surface area contributed by atoms with E-state index in [2.05, 4.69) is 11.8 Å². The maximum absolute atomic E-state index is 5.40. The van der Waals surface area contributed by atoms with Gasteiger partial charge < -0.3 is 0 Å². The third-order valence-corrected chi connectivity index (χ3v) is 1.29. The van der Waals surface area contributed by atoms with Gasteiger partial charge in [0, 0.05) is 18.2 Å². The van der Waals surface area contributed by atoms with Gasteiger partial charge in [0.25, 0.3) is 0 Å². The van der Waals surface area contributed by atoms with Gasteiger partial charge in [-0.15, -0.1) is 17.5 Å². The highest BCUT2D eigenvalue weighted by molar-refractivity contribution is 6.18. The van der Waals surface area contributed by atoms with Crippen LogP contribution in [-0.4, -0.2) is 5.88 Å². The topological polar surface area (TPSA) is 0 Å². The van der Waals surface area contributed by atoms with E-state index in [1.807, 2.05) is 0 Å². The fourth-order valence-electron chi connectivity index (χ4n) is 0.491. The summed E-state index contributed by atoms with van der Waals surface area (Å²) < 4.78 is 0. The van der Waals surface area contributed by atoms with E-state index in [-0.39, 0.29) is 0 Å². The SMILES string of the molecule is ClCCC#CC1CC1. The molecule has 0 atom stereocenters. The smallest absolute Gasteiger partial charge is 0.0333 e. The average Bonchev–Trinajstić information content (AvgIpc) is 2.51. The summed E-state index contributed by atoms with van der Waals surface area (Å²) in [7, 11) is 0. The molecule has 0 saturated heterocycles. The van der Waals surface area contributed by atoms with Crippen molar-refractivity contribution in [2.45, 2.75) is 19.3 Å². The molecule has 0 radical (unpaired) electrons. The molecule has 1 saturated carbocycles. The van der Waals surface area contributed by atoms with Crippen molar-refractivity contribution in [2.24, 2.45) is 5.92 Å². The molecule has 0 nitrogen and oxygen atoms in total. The summed E-state index contributed by atoms with van der Waals surface area (Å²) in [4.78, 5) is 0. The van der Waals surface area contributed by atoms with Gasteiger partial charge in [0.05, 0.1) is 0 Å². The second-order valence-corrected chi connectivity index (χ2v) is 2.41. The van der Waals surface area contributed by atoms with Crippen LogP contribution in [0.15, 0.2) is 0 Å². The zero-order valence-corrected chi connectivity index (χ0v) is 5.54. The molecule has 0 amide bonds. The zero-order valence-electron chi connectivity index (χ0n) is 4.78. The molecule has 0 unspecified atom stereocenters. The minimum Gasteiger partial charge on any atom is -0.126 e. The highest BCUT2D eigenvalue weighted by atomic mass is 35.5. The Balaban J connectivity index is 2.05. The molecule has 1 aliphatic carbocycles. The molecule has 0 spiro atoms. The molecule has 0 aromatic heterocycles. The molecule has 8 heavy (non-hydrogen) atoms. The lowest BCUT2D eigenvalue weighted by Crippen LogP contribution is -1.67. The van der Waals surface area contributed by atoms with Crippen LogP contribution in [0.2, 0.25) is 0 Å². The molecule has 0 aromatic rings. The Bertz CT molecular complexity index is 114. The van der Waals surface area contributed by atoms with Gasteiger partial charge in [-0.1, -0.05) is 5.92 Å². The summed E-state index contributed by atoms with van der Waals surface area (Å²) in [5.41, 5.74) is 0. The highest BCUT2D eigenvalue weighted by Gasteiger charge is 2.17. The first-order valence-corrected chi connectivity index (χ1v) is 3.51. The predicted octanol–water partition coefficient (Wildman–Crippen LogP) is 2.03. The molecule has 0 aliphatic heterocycles. The fourth-order valence-corrected chi connectivity index (χ4v) is 0.586. The maximum atomic E-state index is 5.40. The lowest BCUT2D eigenvalue weighted by molar-refractivity contribution is 1.16. The maximum Gasteiger partial charge on any atom is 0.0333 e. The summed E-state index contributed by atoms with van der Waals surface area (Å²) in [6.45, 7) is 0. The molecule has 0 aromatic carbocycles. The van der Waals surface area contributed by atoms with Gasteiger partial charge in [-0.2, -0.15) is 0 Å². The third-order valence-electron chi connectivity index (χ3n) is 1.10. The van der Waals surface area contributed by atoms with Crippen LogP contribution < -0.4 is 0 Å². The van der Waals surface area contributed by atoms with Gasteiger partial charge in [-0.25, -0.2) is 0 Å². The number of rotatable bonds is 1. The largest absolute Gasteiger partial charge is 0.126 e. The Kier molecular flexibility index (Phi) is 2.24. The summed E-state index contributed by atoms with van der Waals surface area (Å²) in [5, 5.41) is 0. The van der Waals surface area contributed by atoms with Crippen molar-refractivity contribution in [3.05, 3.63) is 0 Å². The van der Waals surface area contributed by atoms with E-state index >= 15 is 0 Å². The van der Waals surface area contributed by atoms with E-state index < -0.39 is 0 Å². The quantitative estimate of drug-likeness (QED) is 0.375. The van der Waals surface area contributed by atoms with Crippen molar-refractivity contribution >= 4 is 11.6 Å². The first-order chi connectivity index (χ1) is 3.93. The molecule has 0 heterocycles. The molecule has 1 fully saturated rings. The summed E-state index contributed by atoms with van der Waals surface area (Å²) >= 11 is 5.40. The Morgan fingerprint density at radius 3 is 2.75 bits per heavy atom. The van der Waals surface area contributed by atoms with Crippen molar-refractivity contribution in [2.75, 3.05) is 5.88 Å². The Morgan fingerprint density at radius 2 is 2.25 bits per heavy atom. The second-order valence-electron chi connectivity index (χ2n) is 2.03. The number of hydrogen-bond acceptors (Lipinski definition) is 0. The van der Waals surface area contributed by atoms with E-state index in [4.69, 9.17) is 11.6 Å². The Hall–Kier alpha value is -0.150. The Labute approximate surface area is 55.2 Å². The lowest BCUT2D eigenvalue weighted by Gasteiger charge is -1.74. The van der Waals surface area contributed by atoms with Gasteiger partial charge in [0.1, 0.15) is 0 Å². The van der Waals surface area contributed by atoms with Crippen LogP contribution in [0.3, 0.4) is 0 Å². The van der Waals surface area contributed by atoms with Crippen molar-refractivity contribution in [3.8, 4) is 11.8 Å². The monoisotopic (exact) mass is 128 g/mol. The van der Waals surface area contributed by atoms with E-state index in [0.717, 1.165) is 12.3 Å². The average molecular weight is 129 g/mol. The normalized spacial score (nSPS) is 17.1. The summed E-state index contributed by atoms with van der Waals surface area (Å²) in [6, 6.07) is 0. The van der Waals surface area contributed by atoms with Crippen LogP contribution in [0.5, 0.6) is 0 Å². The molecule has 44 valence electrons. The van der Waals surface area contributed by atoms with Crippen LogP contribution in [-0.2, 0) is 0 Å². The van der Waals surface area contributed by atoms with Crippen molar-refractivity contribution in [1.82, 2.24) is 0 Å². The second kappa shape index (κ2) is 2.99. The van der Waals surface area contributed by atoms with Crippen LogP contribution in [0, 0.1) is 17.8 Å². The van der Waals surface area contributed by atoms with Crippen molar-refractivity contribution in [3.63, 3.8) is 0 Å². The van der Waals surface area contributed by atoms with E-state index in [9.17, 15) is 0 Å². The van der Waals surface area contributed by atoms with Crippen LogP contribution in [0.25, 0.3) is 0 Å². The molecule has 0 N–H and O–H groups in total. The van der Waals surface area contributed by atoms with E-state index in [0.29, 0.717) is 5.88 Å². The highest BCUT2D eigenvalue weighted by Crippen LogP contribution is 2.27. The molecular formula is C7H9Cl. The lowest BCUT2D eigenvalue weighted by atomic mass is 10.4. The first-order valence-electron chi connectivity index (χ1n) is 2.98. The standard InChI is InChI=1S/C7H9Cl/c8-6-2-1-3-7-4-5-7/h7H,2,4-6H2. The minimum absolute atomic E-state index is 0.680.